The molecule has 0 spiro atoms. The van der Waals surface area contributed by atoms with E-state index in [-0.39, 0.29) is 4.90 Å². The van der Waals surface area contributed by atoms with Crippen LogP contribution in [-0.2, 0) is 14.8 Å². The van der Waals surface area contributed by atoms with Crippen LogP contribution in [0.2, 0.25) is 5.02 Å². The largest absolute Gasteiger partial charge is 0.486 e. The van der Waals surface area contributed by atoms with E-state index in [1.165, 1.54) is 12.1 Å². The summed E-state index contributed by atoms with van der Waals surface area (Å²) in [5.74, 6) is 0.457. The first-order valence-electron chi connectivity index (χ1n) is 9.88. The normalized spacial score (nSPS) is 12.8. The Morgan fingerprint density at radius 1 is 1.00 bits per heavy atom. The summed E-state index contributed by atoms with van der Waals surface area (Å²) >= 11 is 5.98. The number of nitrogens with zero attached hydrogens (tertiary/aromatic N) is 1. The van der Waals surface area contributed by atoms with Crippen LogP contribution < -0.4 is 19.1 Å². The molecule has 0 unspecified atom stereocenters. The molecule has 1 amide bonds. The van der Waals surface area contributed by atoms with Gasteiger partial charge in [-0.15, -0.1) is 0 Å². The average molecular weight is 473 g/mol. The third-order valence-electron chi connectivity index (χ3n) is 4.89. The van der Waals surface area contributed by atoms with E-state index in [2.05, 4.69) is 5.32 Å². The van der Waals surface area contributed by atoms with Crippen molar-refractivity contribution in [1.82, 2.24) is 0 Å². The van der Waals surface area contributed by atoms with Gasteiger partial charge in [0.25, 0.3) is 10.0 Å². The van der Waals surface area contributed by atoms with Crippen LogP contribution in [0.3, 0.4) is 0 Å². The Hall–Kier alpha value is -3.23. The number of rotatable bonds is 6. The number of nitrogens with one attached hydrogen (secondary N) is 1. The van der Waals surface area contributed by atoms with Gasteiger partial charge < -0.3 is 14.8 Å². The van der Waals surface area contributed by atoms with Crippen molar-refractivity contribution in [3.63, 3.8) is 0 Å². The summed E-state index contributed by atoms with van der Waals surface area (Å²) in [7, 11) is -4.03. The topological polar surface area (TPSA) is 84.9 Å². The molecule has 1 aliphatic heterocycles. The van der Waals surface area contributed by atoms with Crippen molar-refractivity contribution in [3.05, 3.63) is 77.3 Å². The molecule has 4 rings (SSSR count). The summed E-state index contributed by atoms with van der Waals surface area (Å²) in [6, 6.07) is 17.8. The Bertz CT molecular complexity index is 1250. The van der Waals surface area contributed by atoms with E-state index in [0.717, 1.165) is 9.87 Å². The maximum atomic E-state index is 13.5. The molecule has 7 nitrogen and oxygen atoms in total. The molecule has 1 N–H and O–H groups in total. The molecule has 0 saturated carbocycles. The third-order valence-corrected chi connectivity index (χ3v) is 6.92. The molecule has 32 heavy (non-hydrogen) atoms. The Kier molecular flexibility index (Phi) is 6.25. The molecule has 9 heteroatoms. The fraction of sp³-hybridized carbons (Fsp3) is 0.174. The van der Waals surface area contributed by atoms with Gasteiger partial charge in [0, 0.05) is 16.8 Å². The van der Waals surface area contributed by atoms with E-state index in [9.17, 15) is 13.2 Å². The molecule has 166 valence electrons. The van der Waals surface area contributed by atoms with Crippen LogP contribution >= 0.6 is 11.6 Å². The van der Waals surface area contributed by atoms with Gasteiger partial charge in [0.1, 0.15) is 19.8 Å². The second-order valence-electron chi connectivity index (χ2n) is 7.16. The quantitative estimate of drug-likeness (QED) is 0.579. The number of benzene rings is 3. The zero-order valence-electron chi connectivity index (χ0n) is 17.2. The number of sulfonamides is 1. The van der Waals surface area contributed by atoms with Gasteiger partial charge in [-0.3, -0.25) is 9.10 Å². The first-order chi connectivity index (χ1) is 15.3. The van der Waals surface area contributed by atoms with Crippen molar-refractivity contribution in [2.45, 2.75) is 11.8 Å². The zero-order valence-corrected chi connectivity index (χ0v) is 18.8. The summed E-state index contributed by atoms with van der Waals surface area (Å²) in [5.41, 5.74) is 1.61. The molecule has 0 atom stereocenters. The third kappa shape index (κ3) is 4.66. The number of anilines is 2. The number of amides is 1. The standard InChI is InChI=1S/C23H21ClN2O5S/c1-16-13-17(24)7-9-20(16)25-23(27)15-26(32(28,29)19-5-3-2-4-6-19)18-8-10-21-22(14-18)31-12-11-30-21/h2-10,13-14H,11-12,15H2,1H3,(H,25,27). The number of fused-ring (bicyclic) bond motifs is 1. The molecule has 0 aromatic heterocycles. The summed E-state index contributed by atoms with van der Waals surface area (Å²) < 4.78 is 39.1. The van der Waals surface area contributed by atoms with Crippen LogP contribution in [0.25, 0.3) is 0 Å². The van der Waals surface area contributed by atoms with Crippen LogP contribution in [0.1, 0.15) is 5.56 Å². The summed E-state index contributed by atoms with van der Waals surface area (Å²) in [5, 5.41) is 3.31. The first kappa shape index (κ1) is 22.0. The molecule has 0 fully saturated rings. The van der Waals surface area contributed by atoms with Crippen LogP contribution in [0.4, 0.5) is 11.4 Å². The lowest BCUT2D eigenvalue weighted by Crippen LogP contribution is -2.38. The number of halogens is 1. The van der Waals surface area contributed by atoms with Crippen molar-refractivity contribution >= 4 is 38.9 Å². The first-order valence-corrected chi connectivity index (χ1v) is 11.7. The molecular formula is C23H21ClN2O5S. The van der Waals surface area contributed by atoms with Crippen LogP contribution in [0, 0.1) is 6.92 Å². The average Bonchev–Trinajstić information content (AvgIpc) is 2.79. The smallest absolute Gasteiger partial charge is 0.264 e. The van der Waals surface area contributed by atoms with Crippen LogP contribution in [-0.4, -0.2) is 34.1 Å². The van der Waals surface area contributed by atoms with Gasteiger partial charge in [-0.25, -0.2) is 8.42 Å². The SMILES string of the molecule is Cc1cc(Cl)ccc1NC(=O)CN(c1ccc2c(c1)OCCO2)S(=O)(=O)c1ccccc1. The highest BCUT2D eigenvalue weighted by Crippen LogP contribution is 2.35. The predicted molar refractivity (Wildman–Crippen MR) is 123 cm³/mol. The number of ether oxygens (including phenoxy) is 2. The molecule has 0 saturated heterocycles. The minimum atomic E-state index is -4.03. The number of hydrogen-bond donors (Lipinski definition) is 1. The lowest BCUT2D eigenvalue weighted by Gasteiger charge is -2.26. The van der Waals surface area contributed by atoms with E-state index in [4.69, 9.17) is 21.1 Å². The molecule has 0 bridgehead atoms. The van der Waals surface area contributed by atoms with Gasteiger partial charge in [-0.2, -0.15) is 0 Å². The van der Waals surface area contributed by atoms with Gasteiger partial charge >= 0.3 is 0 Å². The van der Waals surface area contributed by atoms with E-state index in [1.54, 1.807) is 61.5 Å². The van der Waals surface area contributed by atoms with Crippen molar-refractivity contribution in [3.8, 4) is 11.5 Å². The zero-order chi connectivity index (χ0) is 22.7. The summed E-state index contributed by atoms with van der Waals surface area (Å²) in [6.07, 6.45) is 0. The lowest BCUT2D eigenvalue weighted by atomic mass is 10.2. The van der Waals surface area contributed by atoms with Crippen LogP contribution in [0.15, 0.2) is 71.6 Å². The lowest BCUT2D eigenvalue weighted by molar-refractivity contribution is -0.114. The summed E-state index contributed by atoms with van der Waals surface area (Å²) in [6.45, 7) is 2.15. The minimum absolute atomic E-state index is 0.0744. The maximum Gasteiger partial charge on any atom is 0.264 e. The van der Waals surface area contributed by atoms with E-state index in [0.29, 0.717) is 41.1 Å². The highest BCUT2D eigenvalue weighted by atomic mass is 35.5. The monoisotopic (exact) mass is 472 g/mol. The second-order valence-corrected chi connectivity index (χ2v) is 9.46. The molecule has 0 radical (unpaired) electrons. The summed E-state index contributed by atoms with van der Waals surface area (Å²) in [4.78, 5) is 13.0. The number of aryl methyl sites for hydroxylation is 1. The van der Waals surface area contributed by atoms with Gasteiger partial charge in [-0.1, -0.05) is 29.8 Å². The van der Waals surface area contributed by atoms with Crippen molar-refractivity contribution in [2.75, 3.05) is 29.4 Å². The van der Waals surface area contributed by atoms with Gasteiger partial charge in [0.2, 0.25) is 5.91 Å². The minimum Gasteiger partial charge on any atom is -0.486 e. The van der Waals surface area contributed by atoms with Gasteiger partial charge in [-0.05, 0) is 55.0 Å². The second kappa shape index (κ2) is 9.10. The number of hydrogen-bond acceptors (Lipinski definition) is 5. The van der Waals surface area contributed by atoms with Crippen molar-refractivity contribution in [1.29, 1.82) is 0 Å². The molecule has 3 aromatic carbocycles. The van der Waals surface area contributed by atoms with E-state index in [1.807, 2.05) is 0 Å². The fourth-order valence-corrected chi connectivity index (χ4v) is 4.97. The van der Waals surface area contributed by atoms with Crippen LogP contribution in [0.5, 0.6) is 11.5 Å². The molecule has 1 heterocycles. The highest BCUT2D eigenvalue weighted by molar-refractivity contribution is 7.92. The highest BCUT2D eigenvalue weighted by Gasteiger charge is 2.28. The molecule has 3 aromatic rings. The Morgan fingerprint density at radius 3 is 2.44 bits per heavy atom. The van der Waals surface area contributed by atoms with Gasteiger partial charge in [0.05, 0.1) is 10.6 Å². The predicted octanol–water partition coefficient (Wildman–Crippen LogP) is 4.25. The Balaban J connectivity index is 1.68. The van der Waals surface area contributed by atoms with Crippen molar-refractivity contribution in [2.24, 2.45) is 0 Å². The van der Waals surface area contributed by atoms with Gasteiger partial charge in [0.15, 0.2) is 11.5 Å². The maximum absolute atomic E-state index is 13.5. The Labute approximate surface area is 191 Å². The number of carbonyl (C=O) groups is 1. The molecular weight excluding hydrogens is 452 g/mol. The van der Waals surface area contributed by atoms with Crippen molar-refractivity contribution < 1.29 is 22.7 Å². The molecule has 0 aliphatic carbocycles. The molecule has 1 aliphatic rings. The number of carbonyl (C=O) groups excluding carboxylic acids is 1. The Morgan fingerprint density at radius 2 is 1.72 bits per heavy atom. The van der Waals surface area contributed by atoms with E-state index < -0.39 is 22.5 Å². The van der Waals surface area contributed by atoms with E-state index >= 15 is 0 Å². The fourth-order valence-electron chi connectivity index (χ4n) is 3.31.